The van der Waals surface area contributed by atoms with Crippen molar-refractivity contribution in [2.45, 2.75) is 18.2 Å². The minimum absolute atomic E-state index is 0.0354. The van der Waals surface area contributed by atoms with E-state index < -0.39 is 20.7 Å². The predicted molar refractivity (Wildman–Crippen MR) is 96.1 cm³/mol. The lowest BCUT2D eigenvalue weighted by Crippen LogP contribution is -2.06. The smallest absolute Gasteiger partial charge is 0.311 e. The molecule has 2 aromatic rings. The highest BCUT2D eigenvalue weighted by molar-refractivity contribution is 7.95. The highest BCUT2D eigenvalue weighted by Crippen LogP contribution is 2.30. The quantitative estimate of drug-likeness (QED) is 0.439. The van der Waals surface area contributed by atoms with Crippen LogP contribution in [0.15, 0.2) is 58.3 Å². The monoisotopic (exact) mass is 371 g/mol. The SMILES string of the molecule is CCC(=O)Oc1ccc(/C=C(/C#N)S(=O)(=O)c2ccccc2)cc1OC. The van der Waals surface area contributed by atoms with Gasteiger partial charge >= 0.3 is 5.97 Å². The summed E-state index contributed by atoms with van der Waals surface area (Å²) in [5.74, 6) is 0.0619. The molecule has 26 heavy (non-hydrogen) atoms. The van der Waals surface area contributed by atoms with E-state index in [2.05, 4.69) is 0 Å². The van der Waals surface area contributed by atoms with Gasteiger partial charge in [0.2, 0.25) is 9.84 Å². The first-order chi connectivity index (χ1) is 12.4. The number of hydrogen-bond acceptors (Lipinski definition) is 6. The second-order valence-corrected chi connectivity index (χ2v) is 7.09. The summed E-state index contributed by atoms with van der Waals surface area (Å²) in [4.78, 5) is 11.1. The van der Waals surface area contributed by atoms with Crippen molar-refractivity contribution in [2.75, 3.05) is 7.11 Å². The van der Waals surface area contributed by atoms with Gasteiger partial charge in [-0.3, -0.25) is 4.79 Å². The average Bonchev–Trinajstić information content (AvgIpc) is 2.67. The number of esters is 1. The molecule has 2 rings (SSSR count). The van der Waals surface area contributed by atoms with E-state index in [1.807, 2.05) is 0 Å². The number of nitriles is 1. The van der Waals surface area contributed by atoms with E-state index in [9.17, 15) is 18.5 Å². The number of benzene rings is 2. The lowest BCUT2D eigenvalue weighted by molar-refractivity contribution is -0.134. The molecule has 0 heterocycles. The molecule has 0 aliphatic carbocycles. The summed E-state index contributed by atoms with van der Waals surface area (Å²) in [5, 5.41) is 9.32. The molecule has 0 fully saturated rings. The number of sulfone groups is 1. The molecule has 0 spiro atoms. The summed E-state index contributed by atoms with van der Waals surface area (Å²) < 4.78 is 35.5. The number of carbonyl (C=O) groups is 1. The maximum Gasteiger partial charge on any atom is 0.311 e. The van der Waals surface area contributed by atoms with Crippen LogP contribution in [-0.4, -0.2) is 21.5 Å². The third-order valence-electron chi connectivity index (χ3n) is 3.45. The normalized spacial score (nSPS) is 11.5. The molecule has 0 bridgehead atoms. The maximum absolute atomic E-state index is 12.6. The van der Waals surface area contributed by atoms with E-state index in [-0.39, 0.29) is 22.8 Å². The Bertz CT molecular complexity index is 973. The number of carbonyl (C=O) groups excluding carboxylic acids is 1. The second kappa shape index (κ2) is 8.32. The van der Waals surface area contributed by atoms with E-state index in [0.29, 0.717) is 5.56 Å². The van der Waals surface area contributed by atoms with E-state index in [4.69, 9.17) is 9.47 Å². The number of hydrogen-bond donors (Lipinski definition) is 0. The van der Waals surface area contributed by atoms with Crippen LogP contribution in [0.4, 0.5) is 0 Å². The Morgan fingerprint density at radius 1 is 1.15 bits per heavy atom. The lowest BCUT2D eigenvalue weighted by atomic mass is 10.2. The summed E-state index contributed by atoms with van der Waals surface area (Å²) in [6.07, 6.45) is 1.45. The Hall–Kier alpha value is -3.11. The number of rotatable bonds is 6. The molecule has 0 amide bonds. The van der Waals surface area contributed by atoms with Gasteiger partial charge in [-0.2, -0.15) is 5.26 Å². The van der Waals surface area contributed by atoms with Gasteiger partial charge in [0.05, 0.1) is 12.0 Å². The Balaban J connectivity index is 2.44. The van der Waals surface area contributed by atoms with Crippen molar-refractivity contribution in [3.05, 3.63) is 59.0 Å². The van der Waals surface area contributed by atoms with Crippen molar-refractivity contribution < 1.29 is 22.7 Å². The number of methoxy groups -OCH3 is 1. The first kappa shape index (κ1) is 19.2. The molecule has 0 saturated heterocycles. The summed E-state index contributed by atoms with van der Waals surface area (Å²) >= 11 is 0. The van der Waals surface area contributed by atoms with Crippen LogP contribution in [0, 0.1) is 11.3 Å². The molecule has 0 N–H and O–H groups in total. The van der Waals surface area contributed by atoms with Gasteiger partial charge < -0.3 is 9.47 Å². The predicted octanol–water partition coefficient (Wildman–Crippen LogP) is 3.35. The zero-order chi connectivity index (χ0) is 19.2. The highest BCUT2D eigenvalue weighted by atomic mass is 32.2. The molecule has 0 atom stereocenters. The van der Waals surface area contributed by atoms with E-state index >= 15 is 0 Å². The fraction of sp³-hybridized carbons (Fsp3) is 0.158. The van der Waals surface area contributed by atoms with Crippen molar-refractivity contribution in [1.29, 1.82) is 5.26 Å². The first-order valence-corrected chi connectivity index (χ1v) is 9.21. The van der Waals surface area contributed by atoms with Crippen molar-refractivity contribution in [3.63, 3.8) is 0 Å². The number of nitrogens with zero attached hydrogens (tertiary/aromatic N) is 1. The minimum Gasteiger partial charge on any atom is -0.493 e. The maximum atomic E-state index is 12.6. The molecule has 0 aliphatic heterocycles. The average molecular weight is 371 g/mol. The Labute approximate surface area is 152 Å². The Kier molecular flexibility index (Phi) is 6.15. The topological polar surface area (TPSA) is 93.5 Å². The van der Waals surface area contributed by atoms with E-state index in [1.54, 1.807) is 37.3 Å². The van der Waals surface area contributed by atoms with Gasteiger partial charge in [0.1, 0.15) is 11.0 Å². The van der Waals surface area contributed by atoms with Gasteiger partial charge in [-0.15, -0.1) is 0 Å². The molecule has 0 aliphatic rings. The molecular weight excluding hydrogens is 354 g/mol. The van der Waals surface area contributed by atoms with Crippen LogP contribution < -0.4 is 9.47 Å². The number of ether oxygens (including phenoxy) is 2. The van der Waals surface area contributed by atoms with Crippen LogP contribution in [0.5, 0.6) is 11.5 Å². The highest BCUT2D eigenvalue weighted by Gasteiger charge is 2.20. The standard InChI is InChI=1S/C19H17NO5S/c1-3-19(21)25-17-10-9-14(12-18(17)24-2)11-16(13-20)26(22,23)15-7-5-4-6-8-15/h4-12H,3H2,1-2H3/b16-11-. The summed E-state index contributed by atoms with van der Waals surface area (Å²) in [5.41, 5.74) is 0.425. The van der Waals surface area contributed by atoms with Gasteiger partial charge in [0, 0.05) is 6.42 Å². The van der Waals surface area contributed by atoms with Crippen LogP contribution in [0.25, 0.3) is 6.08 Å². The largest absolute Gasteiger partial charge is 0.493 e. The Morgan fingerprint density at radius 3 is 2.42 bits per heavy atom. The van der Waals surface area contributed by atoms with Gasteiger partial charge in [0.25, 0.3) is 0 Å². The number of allylic oxidation sites excluding steroid dienone is 1. The molecule has 0 radical (unpaired) electrons. The zero-order valence-electron chi connectivity index (χ0n) is 14.3. The van der Waals surface area contributed by atoms with Crippen molar-refractivity contribution >= 4 is 21.9 Å². The van der Waals surface area contributed by atoms with Crippen LogP contribution in [0.2, 0.25) is 0 Å². The van der Waals surface area contributed by atoms with Gasteiger partial charge in [-0.05, 0) is 35.9 Å². The molecule has 134 valence electrons. The van der Waals surface area contributed by atoms with Crippen LogP contribution in [-0.2, 0) is 14.6 Å². The molecule has 0 unspecified atom stereocenters. The van der Waals surface area contributed by atoms with Crippen molar-refractivity contribution in [3.8, 4) is 17.6 Å². The third kappa shape index (κ3) is 4.29. The molecule has 0 saturated carbocycles. The second-order valence-electron chi connectivity index (χ2n) is 5.17. The third-order valence-corrected chi connectivity index (χ3v) is 5.13. The fourth-order valence-electron chi connectivity index (χ4n) is 2.10. The molecule has 6 nitrogen and oxygen atoms in total. The first-order valence-electron chi connectivity index (χ1n) is 7.73. The van der Waals surface area contributed by atoms with E-state index in [0.717, 1.165) is 0 Å². The molecule has 0 aromatic heterocycles. The van der Waals surface area contributed by atoms with Gasteiger partial charge in [-0.25, -0.2) is 8.42 Å². The summed E-state index contributed by atoms with van der Waals surface area (Å²) in [7, 11) is -2.53. The van der Waals surface area contributed by atoms with Crippen molar-refractivity contribution in [2.24, 2.45) is 0 Å². The van der Waals surface area contributed by atoms with Crippen LogP contribution in [0.3, 0.4) is 0 Å². The minimum atomic E-state index is -3.93. The molecule has 7 heteroatoms. The molecule has 2 aromatic carbocycles. The molecular formula is C19H17NO5S. The fourth-order valence-corrected chi connectivity index (χ4v) is 3.28. The van der Waals surface area contributed by atoms with Crippen LogP contribution in [0.1, 0.15) is 18.9 Å². The van der Waals surface area contributed by atoms with Crippen molar-refractivity contribution in [1.82, 2.24) is 0 Å². The zero-order valence-corrected chi connectivity index (χ0v) is 15.1. The van der Waals surface area contributed by atoms with E-state index in [1.165, 1.54) is 37.5 Å². The Morgan fingerprint density at radius 2 is 1.85 bits per heavy atom. The van der Waals surface area contributed by atoms with Gasteiger partial charge in [0.15, 0.2) is 11.5 Å². The summed E-state index contributed by atoms with van der Waals surface area (Å²) in [6.45, 7) is 1.67. The van der Waals surface area contributed by atoms with Gasteiger partial charge in [-0.1, -0.05) is 31.2 Å². The lowest BCUT2D eigenvalue weighted by Gasteiger charge is -2.09. The van der Waals surface area contributed by atoms with Crippen LogP contribution >= 0.6 is 0 Å². The summed E-state index contributed by atoms with van der Waals surface area (Å²) in [6, 6.07) is 14.0.